The minimum absolute atomic E-state index is 0.0434. The second-order valence-corrected chi connectivity index (χ2v) is 11.7. The normalized spacial score (nSPS) is 21.2. The van der Waals surface area contributed by atoms with Gasteiger partial charge in [-0.3, -0.25) is 4.79 Å². The zero-order valence-electron chi connectivity index (χ0n) is 19.9. The number of carbonyl (C=O) groups is 1. The van der Waals surface area contributed by atoms with Crippen LogP contribution < -0.4 is 10.2 Å². The van der Waals surface area contributed by atoms with E-state index in [-0.39, 0.29) is 48.9 Å². The Bertz CT molecular complexity index is 934. The number of ether oxygens (including phenoxy) is 3. The summed E-state index contributed by atoms with van der Waals surface area (Å²) in [6.45, 7) is 0.857. The van der Waals surface area contributed by atoms with Crippen LogP contribution in [0.25, 0.3) is 0 Å². The van der Waals surface area contributed by atoms with E-state index in [4.69, 9.17) is 19.0 Å². The molecule has 9 nitrogen and oxygen atoms in total. The van der Waals surface area contributed by atoms with Gasteiger partial charge in [-0.2, -0.15) is 13.2 Å². The average molecular weight is 557 g/mol. The largest absolute Gasteiger partial charge is 0.490 e. The highest BCUT2D eigenvalue weighted by molar-refractivity contribution is 8.00. The minimum Gasteiger partial charge on any atom is -0.490 e. The number of sulfonamides is 1. The Morgan fingerprint density at radius 2 is 1.89 bits per heavy atom. The van der Waals surface area contributed by atoms with E-state index in [9.17, 15) is 26.4 Å². The first-order chi connectivity index (χ1) is 17.1. The topological polar surface area (TPSA) is 103 Å². The van der Waals surface area contributed by atoms with E-state index in [1.165, 1.54) is 35.7 Å². The predicted molar refractivity (Wildman–Crippen MR) is 126 cm³/mol. The Morgan fingerprint density at radius 3 is 2.47 bits per heavy atom. The van der Waals surface area contributed by atoms with E-state index in [1.807, 2.05) is 0 Å². The fourth-order valence-corrected chi connectivity index (χ4v) is 6.26. The van der Waals surface area contributed by atoms with E-state index in [0.717, 1.165) is 12.8 Å². The van der Waals surface area contributed by atoms with Gasteiger partial charge in [0.15, 0.2) is 11.5 Å². The molecule has 0 bridgehead atoms. The third kappa shape index (κ3) is 8.77. The number of rotatable bonds is 11. The molecule has 3 rings (SSSR count). The maximum Gasteiger partial charge on any atom is 0.446 e. The molecule has 2 aliphatic heterocycles. The molecule has 1 aromatic carbocycles. The molecule has 1 aromatic rings. The molecule has 0 aromatic heterocycles. The predicted octanol–water partition coefficient (Wildman–Crippen LogP) is 3.45. The first-order valence-corrected chi connectivity index (χ1v) is 14.0. The summed E-state index contributed by atoms with van der Waals surface area (Å²) in [5.41, 5.74) is -2.12. The number of hydroxylamine groups is 1. The molecule has 0 aliphatic carbocycles. The van der Waals surface area contributed by atoms with Gasteiger partial charge in [0.1, 0.15) is 11.9 Å². The number of methoxy groups -OCH3 is 1. The highest BCUT2D eigenvalue weighted by atomic mass is 32.2. The Labute approximate surface area is 213 Å². The van der Waals surface area contributed by atoms with Gasteiger partial charge in [0, 0.05) is 44.7 Å². The number of amides is 1. The summed E-state index contributed by atoms with van der Waals surface area (Å²) in [5, 5.41) is -1.39. The molecule has 0 saturated carbocycles. The number of nitrogens with zero attached hydrogens (tertiary/aromatic N) is 1. The number of halogens is 3. The van der Waals surface area contributed by atoms with E-state index in [2.05, 4.69) is 5.48 Å². The number of hydrogen-bond acceptors (Lipinski definition) is 8. The third-order valence-corrected chi connectivity index (χ3v) is 8.78. The van der Waals surface area contributed by atoms with Gasteiger partial charge in [0.05, 0.1) is 0 Å². The standard InChI is InChI=1S/C22H31F3N2O7S2/c1-31-15-11-19(21(28)26-34-20-4-2-3-14-32-20)36(29,30)27-12-9-17(10-13-27)33-16-5-7-18(8-6-16)35-22(23,24)25/h5-8,17,19-20H,2-4,9-15H2,1H3,(H,26,28). The van der Waals surface area contributed by atoms with Crippen molar-refractivity contribution >= 4 is 27.7 Å². The zero-order chi connectivity index (χ0) is 26.2. The fourth-order valence-electron chi connectivity index (χ4n) is 3.93. The van der Waals surface area contributed by atoms with Gasteiger partial charge in [0.25, 0.3) is 5.91 Å². The SMILES string of the molecule is COCCC(C(=O)NOC1CCCCO1)S(=O)(=O)N1CCC(Oc2ccc(SC(F)(F)F)cc2)CC1. The average Bonchev–Trinajstić information content (AvgIpc) is 2.84. The lowest BCUT2D eigenvalue weighted by Gasteiger charge is -2.33. The molecular weight excluding hydrogens is 525 g/mol. The first kappa shape index (κ1) is 29.0. The number of carbonyl (C=O) groups excluding carboxylic acids is 1. The van der Waals surface area contributed by atoms with Gasteiger partial charge in [-0.25, -0.2) is 23.0 Å². The van der Waals surface area contributed by atoms with Crippen LogP contribution in [-0.2, 0) is 29.1 Å². The van der Waals surface area contributed by atoms with Crippen molar-refractivity contribution in [3.63, 3.8) is 0 Å². The monoisotopic (exact) mass is 556 g/mol. The lowest BCUT2D eigenvalue weighted by atomic mass is 10.1. The summed E-state index contributed by atoms with van der Waals surface area (Å²) in [6.07, 6.45) is 2.16. The quantitative estimate of drug-likeness (QED) is 0.327. The lowest BCUT2D eigenvalue weighted by molar-refractivity contribution is -0.200. The van der Waals surface area contributed by atoms with Gasteiger partial charge < -0.3 is 14.2 Å². The van der Waals surface area contributed by atoms with Gasteiger partial charge >= 0.3 is 5.51 Å². The van der Waals surface area contributed by atoms with Crippen molar-refractivity contribution in [2.45, 2.75) is 66.6 Å². The van der Waals surface area contributed by atoms with Gasteiger partial charge in [0.2, 0.25) is 10.0 Å². The van der Waals surface area contributed by atoms with Crippen LogP contribution in [0.2, 0.25) is 0 Å². The highest BCUT2D eigenvalue weighted by Gasteiger charge is 2.39. The molecule has 2 fully saturated rings. The third-order valence-electron chi connectivity index (χ3n) is 5.79. The molecule has 0 spiro atoms. The molecule has 2 atom stereocenters. The number of alkyl halides is 3. The fraction of sp³-hybridized carbons (Fsp3) is 0.682. The maximum atomic E-state index is 13.3. The van der Waals surface area contributed by atoms with E-state index < -0.39 is 33.0 Å². The van der Waals surface area contributed by atoms with Crippen molar-refractivity contribution in [1.82, 2.24) is 9.79 Å². The molecule has 36 heavy (non-hydrogen) atoms. The van der Waals surface area contributed by atoms with Crippen LogP contribution in [0.15, 0.2) is 29.2 Å². The molecular formula is C22H31F3N2O7S2. The Morgan fingerprint density at radius 1 is 1.19 bits per heavy atom. The number of hydrogen-bond donors (Lipinski definition) is 1. The van der Waals surface area contributed by atoms with Crippen LogP contribution in [0.4, 0.5) is 13.2 Å². The highest BCUT2D eigenvalue weighted by Crippen LogP contribution is 2.37. The van der Waals surface area contributed by atoms with E-state index >= 15 is 0 Å². The van der Waals surface area contributed by atoms with Crippen LogP contribution in [0.1, 0.15) is 38.5 Å². The van der Waals surface area contributed by atoms with Crippen LogP contribution in [-0.4, -0.2) is 75.2 Å². The number of piperidine rings is 1. The minimum atomic E-state index is -4.37. The number of nitrogens with one attached hydrogen (secondary N) is 1. The summed E-state index contributed by atoms with van der Waals surface area (Å²) >= 11 is -0.206. The molecule has 2 heterocycles. The van der Waals surface area contributed by atoms with Crippen molar-refractivity contribution in [3.8, 4) is 5.75 Å². The zero-order valence-corrected chi connectivity index (χ0v) is 21.5. The Balaban J connectivity index is 1.54. The van der Waals surface area contributed by atoms with E-state index in [1.54, 1.807) is 0 Å². The van der Waals surface area contributed by atoms with Crippen molar-refractivity contribution < 1.29 is 45.4 Å². The molecule has 14 heteroatoms. The van der Waals surface area contributed by atoms with Crippen molar-refractivity contribution in [1.29, 1.82) is 0 Å². The van der Waals surface area contributed by atoms with Gasteiger partial charge in [-0.05, 0) is 68.1 Å². The summed E-state index contributed by atoms with van der Waals surface area (Å²) in [4.78, 5) is 18.1. The van der Waals surface area contributed by atoms with Gasteiger partial charge in [-0.1, -0.05) is 0 Å². The van der Waals surface area contributed by atoms with Crippen LogP contribution >= 0.6 is 11.8 Å². The molecule has 2 unspecified atom stereocenters. The van der Waals surface area contributed by atoms with Crippen LogP contribution in [0, 0.1) is 0 Å². The summed E-state index contributed by atoms with van der Waals surface area (Å²) < 4.78 is 81.5. The van der Waals surface area contributed by atoms with Crippen molar-refractivity contribution in [3.05, 3.63) is 24.3 Å². The second kappa shape index (κ2) is 13.3. The molecule has 204 valence electrons. The van der Waals surface area contributed by atoms with Crippen LogP contribution in [0.3, 0.4) is 0 Å². The van der Waals surface area contributed by atoms with E-state index in [0.29, 0.717) is 31.6 Å². The lowest BCUT2D eigenvalue weighted by Crippen LogP contribution is -2.51. The summed E-state index contributed by atoms with van der Waals surface area (Å²) in [5.74, 6) is -0.376. The van der Waals surface area contributed by atoms with Crippen molar-refractivity contribution in [2.24, 2.45) is 0 Å². The second-order valence-electron chi connectivity index (χ2n) is 8.43. The summed E-state index contributed by atoms with van der Waals surface area (Å²) in [6, 6.07) is 5.57. The Hall–Kier alpha value is -1.58. The molecule has 1 amide bonds. The summed E-state index contributed by atoms with van der Waals surface area (Å²) in [7, 11) is -2.59. The maximum absolute atomic E-state index is 13.3. The first-order valence-electron chi connectivity index (χ1n) is 11.7. The van der Waals surface area contributed by atoms with Crippen LogP contribution in [0.5, 0.6) is 5.75 Å². The number of benzene rings is 1. The molecule has 1 N–H and O–H groups in total. The number of thioether (sulfide) groups is 1. The molecule has 2 saturated heterocycles. The Kier molecular flexibility index (Phi) is 10.7. The smallest absolute Gasteiger partial charge is 0.446 e. The molecule has 2 aliphatic rings. The van der Waals surface area contributed by atoms with Crippen molar-refractivity contribution in [2.75, 3.05) is 33.4 Å². The molecule has 0 radical (unpaired) electrons. The van der Waals surface area contributed by atoms with Gasteiger partial charge in [-0.15, -0.1) is 0 Å².